The summed E-state index contributed by atoms with van der Waals surface area (Å²) in [6.45, 7) is 6.31. The number of hydrogen-bond acceptors (Lipinski definition) is 1. The summed E-state index contributed by atoms with van der Waals surface area (Å²) in [4.78, 5) is 0. The van der Waals surface area contributed by atoms with E-state index in [2.05, 4.69) is 13.5 Å². The molecular formula is C37H44F4O. The van der Waals surface area contributed by atoms with E-state index in [9.17, 15) is 8.78 Å². The second-order valence-electron chi connectivity index (χ2n) is 11.7. The maximum atomic E-state index is 15.2. The highest BCUT2D eigenvalue weighted by molar-refractivity contribution is 5.72. The predicted octanol–water partition coefficient (Wildman–Crippen LogP) is 11.9. The van der Waals surface area contributed by atoms with Gasteiger partial charge in [-0.25, -0.2) is 13.2 Å². The maximum Gasteiger partial charge on any atom is 0.201 e. The van der Waals surface area contributed by atoms with Gasteiger partial charge < -0.3 is 4.74 Å². The van der Waals surface area contributed by atoms with Crippen molar-refractivity contribution in [2.45, 2.75) is 96.3 Å². The lowest BCUT2D eigenvalue weighted by molar-refractivity contribution is 0.285. The zero-order chi connectivity index (χ0) is 29.9. The van der Waals surface area contributed by atoms with E-state index in [4.69, 9.17) is 4.74 Å². The van der Waals surface area contributed by atoms with Crippen molar-refractivity contribution in [3.8, 4) is 28.0 Å². The SMILES string of the molecule is C=CCCC1CCC(c2ccc(-c3ccc(-c4ccc(OCCCCCCCCC)c(F)c4F)cc3)c(F)c2F)CC1. The molecule has 0 radical (unpaired) electrons. The van der Waals surface area contributed by atoms with Gasteiger partial charge in [-0.2, -0.15) is 4.39 Å². The predicted molar refractivity (Wildman–Crippen MR) is 165 cm³/mol. The lowest BCUT2D eigenvalue weighted by Gasteiger charge is -2.29. The summed E-state index contributed by atoms with van der Waals surface area (Å²) in [6.07, 6.45) is 15.6. The molecule has 1 aliphatic rings. The van der Waals surface area contributed by atoms with E-state index in [0.29, 0.717) is 29.2 Å². The van der Waals surface area contributed by atoms with Crippen LogP contribution in [0.5, 0.6) is 5.75 Å². The van der Waals surface area contributed by atoms with Crippen molar-refractivity contribution in [2.24, 2.45) is 5.92 Å². The second kappa shape index (κ2) is 16.0. The van der Waals surface area contributed by atoms with Crippen LogP contribution >= 0.6 is 0 Å². The average molecular weight is 581 g/mol. The van der Waals surface area contributed by atoms with Gasteiger partial charge in [0, 0.05) is 11.1 Å². The Morgan fingerprint density at radius 3 is 1.88 bits per heavy atom. The standard InChI is InChI=1S/C37H44F4O/c1-3-5-7-8-9-10-11-25-42-33-24-23-32(36(40)37(33)41)29-19-17-28(18-20-29)31-22-21-30(34(38)35(31)39)27-15-13-26(14-16-27)12-6-4-2/h4,17-24,26-27H,2-3,5-16,25H2,1H3. The first-order valence-electron chi connectivity index (χ1n) is 15.7. The number of unbranched alkanes of at least 4 members (excludes halogenated alkanes) is 6. The van der Waals surface area contributed by atoms with Crippen LogP contribution in [0.15, 0.2) is 61.2 Å². The first-order valence-corrected chi connectivity index (χ1v) is 15.7. The fraction of sp³-hybridized carbons (Fsp3) is 0.459. The molecule has 0 unspecified atom stereocenters. The fourth-order valence-electron chi connectivity index (χ4n) is 6.16. The summed E-state index contributed by atoms with van der Waals surface area (Å²) in [5, 5.41) is 0. The highest BCUT2D eigenvalue weighted by Crippen LogP contribution is 2.40. The molecule has 0 amide bonds. The average Bonchev–Trinajstić information content (AvgIpc) is 3.01. The van der Waals surface area contributed by atoms with E-state index in [1.807, 2.05) is 6.08 Å². The van der Waals surface area contributed by atoms with Crippen molar-refractivity contribution in [1.29, 1.82) is 0 Å². The van der Waals surface area contributed by atoms with Crippen LogP contribution in [0, 0.1) is 29.2 Å². The maximum absolute atomic E-state index is 15.2. The summed E-state index contributed by atoms with van der Waals surface area (Å²) in [5.41, 5.74) is 1.61. The number of allylic oxidation sites excluding steroid dienone is 1. The molecule has 1 saturated carbocycles. The summed E-state index contributed by atoms with van der Waals surface area (Å²) in [7, 11) is 0. The normalized spacial score (nSPS) is 16.9. The monoisotopic (exact) mass is 580 g/mol. The number of ether oxygens (including phenoxy) is 1. The van der Waals surface area contributed by atoms with Gasteiger partial charge >= 0.3 is 0 Å². The van der Waals surface area contributed by atoms with E-state index in [0.717, 1.165) is 57.8 Å². The van der Waals surface area contributed by atoms with Gasteiger partial charge in [0.1, 0.15) is 0 Å². The Morgan fingerprint density at radius 1 is 0.690 bits per heavy atom. The minimum Gasteiger partial charge on any atom is -0.490 e. The van der Waals surface area contributed by atoms with Gasteiger partial charge in [0.25, 0.3) is 0 Å². The molecule has 1 nitrogen and oxygen atoms in total. The number of benzene rings is 3. The molecule has 1 aliphatic carbocycles. The van der Waals surface area contributed by atoms with Crippen molar-refractivity contribution < 1.29 is 22.3 Å². The van der Waals surface area contributed by atoms with Crippen LogP contribution in [-0.2, 0) is 0 Å². The van der Waals surface area contributed by atoms with E-state index in [1.165, 1.54) is 37.8 Å². The number of hydrogen-bond donors (Lipinski definition) is 0. The summed E-state index contributed by atoms with van der Waals surface area (Å²) >= 11 is 0. The minimum absolute atomic E-state index is 0.0243. The molecule has 4 rings (SSSR count). The van der Waals surface area contributed by atoms with Gasteiger partial charge in [0.05, 0.1) is 6.61 Å². The van der Waals surface area contributed by atoms with Gasteiger partial charge in [-0.1, -0.05) is 87.9 Å². The van der Waals surface area contributed by atoms with Crippen LogP contribution in [0.2, 0.25) is 0 Å². The molecule has 0 spiro atoms. The van der Waals surface area contributed by atoms with Gasteiger partial charge in [-0.05, 0) is 85.6 Å². The molecule has 0 bridgehead atoms. The third kappa shape index (κ3) is 8.05. The van der Waals surface area contributed by atoms with E-state index < -0.39 is 23.3 Å². The van der Waals surface area contributed by atoms with Crippen molar-refractivity contribution in [3.63, 3.8) is 0 Å². The van der Waals surface area contributed by atoms with Crippen LogP contribution in [0.3, 0.4) is 0 Å². The lowest BCUT2D eigenvalue weighted by Crippen LogP contribution is -2.15. The molecule has 226 valence electrons. The lowest BCUT2D eigenvalue weighted by atomic mass is 9.77. The van der Waals surface area contributed by atoms with Crippen LogP contribution in [0.1, 0.15) is 102 Å². The topological polar surface area (TPSA) is 9.23 Å². The molecule has 0 heterocycles. The first-order chi connectivity index (χ1) is 20.4. The zero-order valence-corrected chi connectivity index (χ0v) is 24.9. The van der Waals surface area contributed by atoms with Gasteiger partial charge in [-0.15, -0.1) is 6.58 Å². The molecule has 42 heavy (non-hydrogen) atoms. The largest absolute Gasteiger partial charge is 0.490 e. The Balaban J connectivity index is 1.38. The molecule has 0 saturated heterocycles. The summed E-state index contributed by atoms with van der Waals surface area (Å²) in [5.74, 6) is -3.10. The molecule has 0 aromatic heterocycles. The van der Waals surface area contributed by atoms with Crippen LogP contribution in [0.4, 0.5) is 17.6 Å². The van der Waals surface area contributed by atoms with Gasteiger partial charge in [0.15, 0.2) is 23.2 Å². The Morgan fingerprint density at radius 2 is 1.26 bits per heavy atom. The molecule has 1 fully saturated rings. The van der Waals surface area contributed by atoms with Crippen LogP contribution < -0.4 is 4.74 Å². The van der Waals surface area contributed by atoms with Crippen molar-refractivity contribution in [1.82, 2.24) is 0 Å². The molecule has 5 heteroatoms. The fourth-order valence-corrected chi connectivity index (χ4v) is 6.16. The summed E-state index contributed by atoms with van der Waals surface area (Å²) < 4.78 is 65.7. The summed E-state index contributed by atoms with van der Waals surface area (Å²) in [6, 6.07) is 12.7. The van der Waals surface area contributed by atoms with Crippen molar-refractivity contribution >= 4 is 0 Å². The molecular weight excluding hydrogens is 536 g/mol. The molecule has 3 aromatic rings. The third-order valence-corrected chi connectivity index (χ3v) is 8.74. The van der Waals surface area contributed by atoms with Gasteiger partial charge in [0.2, 0.25) is 5.82 Å². The Bertz CT molecular complexity index is 1290. The van der Waals surface area contributed by atoms with E-state index in [-0.39, 0.29) is 22.8 Å². The Hall–Kier alpha value is -3.08. The van der Waals surface area contributed by atoms with Crippen molar-refractivity contribution in [2.75, 3.05) is 6.61 Å². The Kier molecular flexibility index (Phi) is 12.1. The van der Waals surface area contributed by atoms with Gasteiger partial charge in [-0.3, -0.25) is 0 Å². The second-order valence-corrected chi connectivity index (χ2v) is 11.7. The number of halogens is 4. The first kappa shape index (κ1) is 31.8. The van der Waals surface area contributed by atoms with E-state index in [1.54, 1.807) is 36.4 Å². The molecule has 3 aromatic carbocycles. The highest BCUT2D eigenvalue weighted by atomic mass is 19.2. The quantitative estimate of drug-likeness (QED) is 0.0987. The third-order valence-electron chi connectivity index (χ3n) is 8.74. The molecule has 0 N–H and O–H groups in total. The zero-order valence-electron chi connectivity index (χ0n) is 24.9. The smallest absolute Gasteiger partial charge is 0.201 e. The van der Waals surface area contributed by atoms with Crippen LogP contribution in [0.25, 0.3) is 22.3 Å². The Labute approximate surface area is 249 Å². The number of rotatable bonds is 15. The van der Waals surface area contributed by atoms with Crippen molar-refractivity contribution in [3.05, 3.63) is 90.0 Å². The molecule has 0 atom stereocenters. The van der Waals surface area contributed by atoms with E-state index >= 15 is 8.78 Å². The molecule has 0 aliphatic heterocycles. The highest BCUT2D eigenvalue weighted by Gasteiger charge is 2.26. The van der Waals surface area contributed by atoms with Crippen LogP contribution in [-0.4, -0.2) is 6.61 Å². The minimum atomic E-state index is -1.02.